The van der Waals surface area contributed by atoms with Gasteiger partial charge in [-0.25, -0.2) is 4.39 Å². The van der Waals surface area contributed by atoms with Crippen LogP contribution in [-0.2, 0) is 6.54 Å². The topological polar surface area (TPSA) is 41.9 Å². The Morgan fingerprint density at radius 3 is 2.62 bits per heavy atom. The number of hydrogen-bond donors (Lipinski definition) is 2. The highest BCUT2D eigenvalue weighted by atomic mass is 35.5. The van der Waals surface area contributed by atoms with Gasteiger partial charge in [0.15, 0.2) is 10.9 Å². The van der Waals surface area contributed by atoms with Crippen LogP contribution >= 0.6 is 23.8 Å². The maximum Gasteiger partial charge on any atom is 0.176 e. The Morgan fingerprint density at radius 2 is 1.88 bits per heavy atom. The van der Waals surface area contributed by atoms with Crippen LogP contribution in [0.15, 0.2) is 48.7 Å². The molecule has 0 bridgehead atoms. The molecule has 0 aliphatic carbocycles. The summed E-state index contributed by atoms with van der Waals surface area (Å²) >= 11 is 11.6. The lowest BCUT2D eigenvalue weighted by atomic mass is 10.1. The van der Waals surface area contributed by atoms with Crippen LogP contribution in [0.3, 0.4) is 0 Å². The smallest absolute Gasteiger partial charge is 0.176 e. The van der Waals surface area contributed by atoms with Crippen molar-refractivity contribution >= 4 is 40.4 Å². The molecule has 0 fully saturated rings. The van der Waals surface area contributed by atoms with Gasteiger partial charge in [0.05, 0.1) is 6.54 Å². The van der Waals surface area contributed by atoms with Crippen molar-refractivity contribution < 1.29 is 4.39 Å². The van der Waals surface area contributed by atoms with Crippen LogP contribution in [0.1, 0.15) is 16.7 Å². The second-order valence-electron chi connectivity index (χ2n) is 5.98. The number of hydrogen-bond acceptors (Lipinski definition) is 2. The number of thiocarbonyl (C=S) groups is 1. The summed E-state index contributed by atoms with van der Waals surface area (Å²) in [5.74, 6) is 0.203. The molecule has 26 heavy (non-hydrogen) atoms. The van der Waals surface area contributed by atoms with E-state index >= 15 is 0 Å². The quantitative estimate of drug-likeness (QED) is 0.606. The maximum absolute atomic E-state index is 13.0. The summed E-state index contributed by atoms with van der Waals surface area (Å²) in [6.07, 6.45) is 1.70. The molecule has 134 valence electrons. The Morgan fingerprint density at radius 1 is 1.15 bits per heavy atom. The average molecular weight is 389 g/mol. The van der Waals surface area contributed by atoms with Crippen molar-refractivity contribution in [2.45, 2.75) is 20.4 Å². The summed E-state index contributed by atoms with van der Waals surface area (Å²) in [6, 6.07) is 12.2. The molecular weight excluding hydrogens is 371 g/mol. The largest absolute Gasteiger partial charge is 0.332 e. The summed E-state index contributed by atoms with van der Waals surface area (Å²) in [5.41, 5.74) is 4.17. The summed E-state index contributed by atoms with van der Waals surface area (Å²) < 4.78 is 14.7. The fourth-order valence-corrected chi connectivity index (χ4v) is 2.89. The number of aromatic nitrogens is 2. The molecule has 4 nitrogen and oxygen atoms in total. The van der Waals surface area contributed by atoms with E-state index in [0.29, 0.717) is 22.5 Å². The number of rotatable bonds is 4. The summed E-state index contributed by atoms with van der Waals surface area (Å²) in [4.78, 5) is 0. The zero-order chi connectivity index (χ0) is 18.7. The molecule has 0 aliphatic heterocycles. The van der Waals surface area contributed by atoms with Gasteiger partial charge in [-0.05, 0) is 61.0 Å². The standard InChI is InChI=1S/C19H18ClFN4S/c1-12-4-3-5-17(13(12)2)22-19(26)23-18-16(20)11-25(24-18)10-14-6-8-15(21)9-7-14/h3-9,11H,10H2,1-2H3,(H2,22,23,24,26). The van der Waals surface area contributed by atoms with E-state index in [-0.39, 0.29) is 5.82 Å². The van der Waals surface area contributed by atoms with E-state index in [2.05, 4.69) is 15.7 Å². The molecule has 3 rings (SSSR count). The molecule has 0 unspecified atom stereocenters. The van der Waals surface area contributed by atoms with Gasteiger partial charge in [-0.1, -0.05) is 35.9 Å². The van der Waals surface area contributed by atoms with Gasteiger partial charge in [-0.15, -0.1) is 0 Å². The lowest BCUT2D eigenvalue weighted by Gasteiger charge is -2.12. The summed E-state index contributed by atoms with van der Waals surface area (Å²) in [6.45, 7) is 4.56. The monoisotopic (exact) mass is 388 g/mol. The molecule has 0 amide bonds. The van der Waals surface area contributed by atoms with E-state index in [4.69, 9.17) is 23.8 Å². The average Bonchev–Trinajstić information content (AvgIpc) is 2.93. The van der Waals surface area contributed by atoms with Crippen molar-refractivity contribution in [3.63, 3.8) is 0 Å². The van der Waals surface area contributed by atoms with E-state index in [9.17, 15) is 4.39 Å². The van der Waals surface area contributed by atoms with Gasteiger partial charge in [0.25, 0.3) is 0 Å². The van der Waals surface area contributed by atoms with Crippen molar-refractivity contribution in [3.05, 3.63) is 76.2 Å². The molecule has 2 aromatic carbocycles. The number of anilines is 2. The normalized spacial score (nSPS) is 10.6. The maximum atomic E-state index is 13.0. The Balaban J connectivity index is 1.68. The number of benzene rings is 2. The fraction of sp³-hybridized carbons (Fsp3) is 0.158. The zero-order valence-electron chi connectivity index (χ0n) is 14.4. The van der Waals surface area contributed by atoms with Gasteiger partial charge in [-0.3, -0.25) is 4.68 Å². The highest BCUT2D eigenvalue weighted by molar-refractivity contribution is 7.80. The molecule has 0 spiro atoms. The zero-order valence-corrected chi connectivity index (χ0v) is 16.0. The van der Waals surface area contributed by atoms with Gasteiger partial charge in [0.1, 0.15) is 10.8 Å². The molecule has 0 aliphatic rings. The number of nitrogens with one attached hydrogen (secondary N) is 2. The van der Waals surface area contributed by atoms with E-state index in [0.717, 1.165) is 16.8 Å². The lowest BCUT2D eigenvalue weighted by Crippen LogP contribution is -2.20. The molecule has 0 saturated heterocycles. The van der Waals surface area contributed by atoms with Gasteiger partial charge >= 0.3 is 0 Å². The van der Waals surface area contributed by atoms with Crippen molar-refractivity contribution in [2.24, 2.45) is 0 Å². The van der Waals surface area contributed by atoms with Crippen LogP contribution in [-0.4, -0.2) is 14.9 Å². The fourth-order valence-electron chi connectivity index (χ4n) is 2.49. The molecule has 0 atom stereocenters. The predicted molar refractivity (Wildman–Crippen MR) is 108 cm³/mol. The molecule has 1 heterocycles. The van der Waals surface area contributed by atoms with Crippen molar-refractivity contribution in [1.29, 1.82) is 0 Å². The van der Waals surface area contributed by atoms with Crippen molar-refractivity contribution in [2.75, 3.05) is 10.6 Å². The minimum atomic E-state index is -0.266. The third-order valence-electron chi connectivity index (χ3n) is 4.06. The molecular formula is C19H18ClFN4S. The number of halogens is 2. The van der Waals surface area contributed by atoms with Crippen LogP contribution in [0.25, 0.3) is 0 Å². The van der Waals surface area contributed by atoms with Crippen LogP contribution < -0.4 is 10.6 Å². The molecule has 0 radical (unpaired) electrons. The van der Waals surface area contributed by atoms with Crippen molar-refractivity contribution in [3.8, 4) is 0 Å². The van der Waals surface area contributed by atoms with Gasteiger partial charge in [-0.2, -0.15) is 5.10 Å². The Kier molecular flexibility index (Phi) is 5.54. The SMILES string of the molecule is Cc1cccc(NC(=S)Nc2nn(Cc3ccc(F)cc3)cc2Cl)c1C. The first-order valence-electron chi connectivity index (χ1n) is 8.04. The predicted octanol–water partition coefficient (Wildman–Crippen LogP) is 5.15. The van der Waals surface area contributed by atoms with E-state index in [1.807, 2.05) is 32.0 Å². The molecule has 2 N–H and O–H groups in total. The highest BCUT2D eigenvalue weighted by Gasteiger charge is 2.10. The Hall–Kier alpha value is -2.44. The second kappa shape index (κ2) is 7.85. The van der Waals surface area contributed by atoms with Gasteiger partial charge in [0.2, 0.25) is 0 Å². The van der Waals surface area contributed by atoms with E-state index < -0.39 is 0 Å². The van der Waals surface area contributed by atoms with E-state index in [1.54, 1.807) is 23.0 Å². The number of aryl methyl sites for hydroxylation is 1. The van der Waals surface area contributed by atoms with Crippen LogP contribution in [0, 0.1) is 19.7 Å². The minimum absolute atomic E-state index is 0.266. The highest BCUT2D eigenvalue weighted by Crippen LogP contribution is 2.22. The summed E-state index contributed by atoms with van der Waals surface area (Å²) in [5, 5.41) is 11.4. The first-order chi connectivity index (χ1) is 12.4. The van der Waals surface area contributed by atoms with Crippen LogP contribution in [0.4, 0.5) is 15.9 Å². The minimum Gasteiger partial charge on any atom is -0.332 e. The molecule has 3 aromatic rings. The molecule has 1 aromatic heterocycles. The molecule has 7 heteroatoms. The summed E-state index contributed by atoms with van der Waals surface area (Å²) in [7, 11) is 0. The lowest BCUT2D eigenvalue weighted by molar-refractivity contribution is 0.624. The first kappa shape index (κ1) is 18.4. The van der Waals surface area contributed by atoms with Gasteiger partial charge in [0, 0.05) is 11.9 Å². The third-order valence-corrected chi connectivity index (χ3v) is 4.54. The van der Waals surface area contributed by atoms with Crippen LogP contribution in [0.5, 0.6) is 0 Å². The van der Waals surface area contributed by atoms with Crippen molar-refractivity contribution in [1.82, 2.24) is 9.78 Å². The Labute approximate surface area is 162 Å². The first-order valence-corrected chi connectivity index (χ1v) is 8.82. The number of nitrogens with zero attached hydrogens (tertiary/aromatic N) is 2. The van der Waals surface area contributed by atoms with Crippen LogP contribution in [0.2, 0.25) is 5.02 Å². The van der Waals surface area contributed by atoms with Gasteiger partial charge < -0.3 is 10.6 Å². The Bertz CT molecular complexity index is 937. The third kappa shape index (κ3) is 4.39. The second-order valence-corrected chi connectivity index (χ2v) is 6.79. The van der Waals surface area contributed by atoms with E-state index in [1.165, 1.54) is 17.7 Å². The molecule has 0 saturated carbocycles.